The number of fused-ring (bicyclic) bond motifs is 9. The molecule has 33 heavy (non-hydrogen) atoms. The van der Waals surface area contributed by atoms with E-state index in [2.05, 4.69) is 16.8 Å². The molecule has 2 bridgehead atoms. The average Bonchev–Trinajstić information content (AvgIpc) is 3.24. The van der Waals surface area contributed by atoms with E-state index < -0.39 is 44.2 Å². The molecule has 0 radical (unpaired) electrons. The van der Waals surface area contributed by atoms with Crippen LogP contribution < -0.4 is 4.74 Å². The first kappa shape index (κ1) is 17.9. The summed E-state index contributed by atoms with van der Waals surface area (Å²) in [4.78, 5) is 18.6. The van der Waals surface area contributed by atoms with Crippen LogP contribution in [0, 0.1) is 11.8 Å². The minimum Gasteiger partial charge on any atom is -0.434 e. The van der Waals surface area contributed by atoms with E-state index in [1.54, 1.807) is 4.57 Å². The maximum Gasteiger partial charge on any atom is 0.399 e. The number of hydrogen-bond acceptors (Lipinski definition) is 3. The van der Waals surface area contributed by atoms with Crippen LogP contribution in [0.3, 0.4) is 0 Å². The molecule has 3 aromatic rings. The molecule has 2 aromatic carbocycles. The molecule has 2 atom stereocenters. The average molecular weight is 464 g/mol. The van der Waals surface area contributed by atoms with Crippen LogP contribution in [-0.4, -0.2) is 40.1 Å². The van der Waals surface area contributed by atoms with Gasteiger partial charge in [0.15, 0.2) is 0 Å². The Bertz CT molecular complexity index is 1440. The first-order chi connectivity index (χ1) is 16.8. The zero-order valence-electron chi connectivity index (χ0n) is 19.7. The van der Waals surface area contributed by atoms with Gasteiger partial charge in [-0.05, 0) is 30.3 Å². The maximum atomic E-state index is 13.4. The summed E-state index contributed by atoms with van der Waals surface area (Å²) in [6.45, 7) is -6.06. The van der Waals surface area contributed by atoms with Gasteiger partial charge in [0.2, 0.25) is 0 Å². The van der Waals surface area contributed by atoms with E-state index in [0.717, 1.165) is 0 Å². The van der Waals surface area contributed by atoms with Gasteiger partial charge in [-0.2, -0.15) is 22.0 Å². The second-order valence-electron chi connectivity index (χ2n) is 7.68. The van der Waals surface area contributed by atoms with Crippen LogP contribution in [0.1, 0.15) is 56.3 Å². The lowest BCUT2D eigenvalue weighted by atomic mass is 9.97. The Balaban J connectivity index is 1.73. The number of carbonyl (C=O) groups excluding carboxylic acids is 1. The molecule has 1 aromatic heterocycles. The summed E-state index contributed by atoms with van der Waals surface area (Å²) in [6.07, 6.45) is -5.71. The second-order valence-corrected chi connectivity index (χ2v) is 7.68. The molecule has 5 nitrogen and oxygen atoms in total. The van der Waals surface area contributed by atoms with Gasteiger partial charge in [-0.25, -0.2) is 4.98 Å². The molecule has 10 heteroatoms. The van der Waals surface area contributed by atoms with Crippen molar-refractivity contribution in [3.8, 4) is 17.6 Å². The third kappa shape index (κ3) is 3.57. The van der Waals surface area contributed by atoms with Gasteiger partial charge in [-0.1, -0.05) is 17.9 Å². The van der Waals surface area contributed by atoms with Gasteiger partial charge in [0.05, 0.1) is 23.1 Å². The highest BCUT2D eigenvalue weighted by atomic mass is 19.4. The van der Waals surface area contributed by atoms with Crippen LogP contribution in [0.2, 0.25) is 0 Å². The van der Waals surface area contributed by atoms with Gasteiger partial charge in [-0.3, -0.25) is 4.79 Å². The number of halogens is 5. The fourth-order valence-corrected chi connectivity index (χ4v) is 4.43. The van der Waals surface area contributed by atoms with Crippen LogP contribution in [0.4, 0.5) is 22.0 Å². The smallest absolute Gasteiger partial charge is 0.399 e. The topological polar surface area (TPSA) is 47.4 Å². The molecule has 1 amide bonds. The van der Waals surface area contributed by atoms with Crippen LogP contribution in [0.25, 0.3) is 11.0 Å². The van der Waals surface area contributed by atoms with Gasteiger partial charge in [0.25, 0.3) is 5.91 Å². The van der Waals surface area contributed by atoms with E-state index in [9.17, 15) is 26.7 Å². The standard InChI is InChI=1S/C23H16F5N3O2/c1-30-17-11-16(19-13(21(30)32)5-2-6-18(19)33-22(24)25)31-15-10-12(4-3-9-23(26,27)28)7-8-14(15)29-20(17)31/h2,5-8,10,16-17,22H,9,11H2,1H3/t16-,17-/m1/s1/i1D3. The van der Waals surface area contributed by atoms with Crippen LogP contribution in [0.15, 0.2) is 36.4 Å². The molecule has 5 rings (SSSR count). The predicted molar refractivity (Wildman–Crippen MR) is 108 cm³/mol. The molecule has 0 spiro atoms. The van der Waals surface area contributed by atoms with Crippen LogP contribution in [0.5, 0.6) is 5.75 Å². The Hall–Kier alpha value is -3.61. The number of aromatic nitrogens is 2. The third-order valence-corrected chi connectivity index (χ3v) is 5.67. The minimum absolute atomic E-state index is 0.0307. The molecule has 0 saturated carbocycles. The highest BCUT2D eigenvalue weighted by Gasteiger charge is 2.45. The number of hydrogen-bond donors (Lipinski definition) is 0. The van der Waals surface area contributed by atoms with Crippen molar-refractivity contribution in [1.82, 2.24) is 14.5 Å². The maximum absolute atomic E-state index is 13.4. The quantitative estimate of drug-likeness (QED) is 0.394. The van der Waals surface area contributed by atoms with E-state index in [1.807, 2.05) is 0 Å². The molecule has 0 N–H and O–H groups in total. The number of benzene rings is 2. The molecule has 170 valence electrons. The lowest BCUT2D eigenvalue weighted by Gasteiger charge is -2.24. The molecule has 2 aliphatic rings. The van der Waals surface area contributed by atoms with Crippen molar-refractivity contribution in [2.75, 3.05) is 6.98 Å². The Morgan fingerprint density at radius 3 is 2.82 bits per heavy atom. The van der Waals surface area contributed by atoms with E-state index in [1.165, 1.54) is 36.4 Å². The molecular formula is C23H16F5N3O2. The highest BCUT2D eigenvalue weighted by molar-refractivity contribution is 5.97. The zero-order valence-corrected chi connectivity index (χ0v) is 16.7. The van der Waals surface area contributed by atoms with Gasteiger partial charge in [0, 0.05) is 34.2 Å². The van der Waals surface area contributed by atoms with E-state index in [4.69, 9.17) is 8.85 Å². The fourth-order valence-electron chi connectivity index (χ4n) is 4.43. The number of nitrogens with zero attached hydrogens (tertiary/aromatic N) is 3. The largest absolute Gasteiger partial charge is 0.434 e. The van der Waals surface area contributed by atoms with Crippen molar-refractivity contribution >= 4 is 16.9 Å². The Morgan fingerprint density at radius 2 is 2.09 bits per heavy atom. The van der Waals surface area contributed by atoms with Gasteiger partial charge in [-0.15, -0.1) is 0 Å². The van der Waals surface area contributed by atoms with Gasteiger partial charge in [0.1, 0.15) is 18.0 Å². The Morgan fingerprint density at radius 1 is 1.27 bits per heavy atom. The SMILES string of the molecule is [2H]C([2H])([2H])N1C(=O)c2cccc(OC(F)F)c2[C@H]2C[C@@H]1c1nc3ccc(C#CCC(F)(F)F)cc3n12. The van der Waals surface area contributed by atoms with E-state index >= 15 is 0 Å². The van der Waals surface area contributed by atoms with Crippen molar-refractivity contribution in [2.45, 2.75) is 37.7 Å². The number of imidazole rings is 1. The predicted octanol–water partition coefficient (Wildman–Crippen LogP) is 5.06. The Labute approximate surface area is 189 Å². The summed E-state index contributed by atoms with van der Waals surface area (Å²) in [5, 5.41) is 0. The third-order valence-electron chi connectivity index (χ3n) is 5.67. The highest BCUT2D eigenvalue weighted by Crippen LogP contribution is 2.49. The minimum atomic E-state index is -4.44. The monoisotopic (exact) mass is 464 g/mol. The molecular weight excluding hydrogens is 445 g/mol. The van der Waals surface area contributed by atoms with Gasteiger partial charge >= 0.3 is 12.8 Å². The molecule has 0 fully saturated rings. The fraction of sp³-hybridized carbons (Fsp3) is 0.304. The van der Waals surface area contributed by atoms with Crippen molar-refractivity contribution in [3.05, 3.63) is 58.9 Å². The lowest BCUT2D eigenvalue weighted by Crippen LogP contribution is -2.30. The summed E-state index contributed by atoms with van der Waals surface area (Å²) < 4.78 is 94.2. The van der Waals surface area contributed by atoms with Gasteiger partial charge < -0.3 is 14.2 Å². The summed E-state index contributed by atoms with van der Waals surface area (Å²) in [5.74, 6) is 3.60. The number of alkyl halides is 5. The van der Waals surface area contributed by atoms with E-state index in [-0.39, 0.29) is 34.7 Å². The molecule has 2 aliphatic heterocycles. The number of ether oxygens (including phenoxy) is 1. The molecule has 0 aliphatic carbocycles. The van der Waals surface area contributed by atoms with Crippen molar-refractivity contribution in [3.63, 3.8) is 0 Å². The first-order valence-electron chi connectivity index (χ1n) is 11.3. The van der Waals surface area contributed by atoms with Crippen LogP contribution in [-0.2, 0) is 0 Å². The first-order valence-corrected chi connectivity index (χ1v) is 9.84. The molecule has 0 saturated heterocycles. The summed E-state index contributed by atoms with van der Waals surface area (Å²) in [7, 11) is 0. The summed E-state index contributed by atoms with van der Waals surface area (Å²) in [6, 6.07) is 6.64. The Kier molecular flexibility index (Phi) is 4.05. The van der Waals surface area contributed by atoms with Crippen molar-refractivity contribution < 1.29 is 35.6 Å². The molecule has 3 heterocycles. The molecule has 0 unspecified atom stereocenters. The second kappa shape index (κ2) is 7.47. The number of amides is 1. The zero-order chi connectivity index (χ0) is 26.0. The summed E-state index contributed by atoms with van der Waals surface area (Å²) in [5.41, 5.74) is 1.05. The normalized spacial score (nSPS) is 21.0. The number of rotatable bonds is 2. The lowest BCUT2D eigenvalue weighted by molar-refractivity contribution is -0.123. The van der Waals surface area contributed by atoms with Crippen molar-refractivity contribution in [1.29, 1.82) is 0 Å². The van der Waals surface area contributed by atoms with E-state index in [0.29, 0.717) is 15.9 Å². The number of carbonyl (C=O) groups is 1. The summed E-state index contributed by atoms with van der Waals surface area (Å²) >= 11 is 0. The van der Waals surface area contributed by atoms with Crippen LogP contribution >= 0.6 is 0 Å². The van der Waals surface area contributed by atoms with Crippen molar-refractivity contribution in [2.24, 2.45) is 0 Å².